The first kappa shape index (κ1) is 15.6. The van der Waals surface area contributed by atoms with Crippen LogP contribution in [0.2, 0.25) is 0 Å². The van der Waals surface area contributed by atoms with E-state index in [-0.39, 0.29) is 5.91 Å². The van der Waals surface area contributed by atoms with E-state index >= 15 is 0 Å². The molecule has 116 valence electrons. The summed E-state index contributed by atoms with van der Waals surface area (Å²) >= 11 is 5.20. The van der Waals surface area contributed by atoms with Crippen molar-refractivity contribution in [3.63, 3.8) is 0 Å². The van der Waals surface area contributed by atoms with Gasteiger partial charge in [-0.15, -0.1) is 11.3 Å². The average molecular weight is 380 g/mol. The van der Waals surface area contributed by atoms with Crippen molar-refractivity contribution >= 4 is 33.2 Å². The highest BCUT2D eigenvalue weighted by Gasteiger charge is 2.19. The lowest BCUT2D eigenvalue weighted by Gasteiger charge is -2.33. The third kappa shape index (κ3) is 3.74. The molecule has 1 aliphatic rings. The van der Waals surface area contributed by atoms with E-state index in [2.05, 4.69) is 38.3 Å². The zero-order valence-electron chi connectivity index (χ0n) is 12.5. The highest BCUT2D eigenvalue weighted by molar-refractivity contribution is 9.10. The number of aromatic nitrogens is 1. The van der Waals surface area contributed by atoms with E-state index in [9.17, 15) is 4.79 Å². The van der Waals surface area contributed by atoms with Crippen LogP contribution in [-0.4, -0.2) is 46.9 Å². The number of rotatable bonds is 3. The number of nitrogens with zero attached hydrogens (tertiary/aromatic N) is 3. The van der Waals surface area contributed by atoms with E-state index in [4.69, 9.17) is 4.98 Å². The van der Waals surface area contributed by atoms with Crippen LogP contribution in [0.25, 0.3) is 11.3 Å². The molecule has 1 saturated heterocycles. The Bertz CT molecular complexity index is 665. The molecule has 1 amide bonds. The molecule has 1 aliphatic heterocycles. The van der Waals surface area contributed by atoms with Gasteiger partial charge >= 0.3 is 0 Å². The molecule has 0 radical (unpaired) electrons. The average Bonchev–Trinajstić information content (AvgIpc) is 2.96. The van der Waals surface area contributed by atoms with Gasteiger partial charge in [-0.3, -0.25) is 9.69 Å². The molecule has 1 fully saturated rings. The van der Waals surface area contributed by atoms with Gasteiger partial charge in [0.05, 0.1) is 12.2 Å². The number of halogens is 1. The molecule has 2 heterocycles. The van der Waals surface area contributed by atoms with Gasteiger partial charge in [-0.05, 0) is 12.1 Å². The predicted molar refractivity (Wildman–Crippen MR) is 92.8 cm³/mol. The Labute approximate surface area is 142 Å². The number of carbonyl (C=O) groups excluding carboxylic acids is 1. The molecule has 3 rings (SSSR count). The molecule has 0 unspecified atom stereocenters. The number of hydrogen-bond acceptors (Lipinski definition) is 4. The zero-order valence-corrected chi connectivity index (χ0v) is 14.9. The monoisotopic (exact) mass is 379 g/mol. The molecular weight excluding hydrogens is 362 g/mol. The zero-order chi connectivity index (χ0) is 15.5. The largest absolute Gasteiger partial charge is 0.340 e. The minimum Gasteiger partial charge on any atom is -0.340 e. The minimum absolute atomic E-state index is 0.172. The molecule has 4 nitrogen and oxygen atoms in total. The molecular formula is C16H18BrN3OS. The van der Waals surface area contributed by atoms with Gasteiger partial charge in [-0.25, -0.2) is 4.98 Å². The topological polar surface area (TPSA) is 36.4 Å². The van der Waals surface area contributed by atoms with Crippen LogP contribution in [0, 0.1) is 0 Å². The molecule has 0 aliphatic carbocycles. The molecule has 0 N–H and O–H groups in total. The SMILES string of the molecule is CC(=O)N1CCN(Cc2nc(-c3cccc(Br)c3)cs2)CC1. The summed E-state index contributed by atoms with van der Waals surface area (Å²) in [6, 6.07) is 8.21. The first-order valence-corrected chi connectivity index (χ1v) is 8.97. The van der Waals surface area contributed by atoms with E-state index in [1.54, 1.807) is 18.3 Å². The van der Waals surface area contributed by atoms with Crippen LogP contribution in [0.3, 0.4) is 0 Å². The summed E-state index contributed by atoms with van der Waals surface area (Å²) < 4.78 is 1.07. The van der Waals surface area contributed by atoms with Gasteiger partial charge in [0.2, 0.25) is 5.91 Å². The number of benzene rings is 1. The number of amides is 1. The van der Waals surface area contributed by atoms with E-state index in [1.807, 2.05) is 17.0 Å². The Kier molecular flexibility index (Phi) is 4.90. The highest BCUT2D eigenvalue weighted by Crippen LogP contribution is 2.25. The Morgan fingerprint density at radius 2 is 2.09 bits per heavy atom. The van der Waals surface area contributed by atoms with Crippen molar-refractivity contribution in [1.29, 1.82) is 0 Å². The summed E-state index contributed by atoms with van der Waals surface area (Å²) in [5, 5.41) is 3.24. The van der Waals surface area contributed by atoms with E-state index < -0.39 is 0 Å². The molecule has 0 bridgehead atoms. The first-order chi connectivity index (χ1) is 10.6. The lowest BCUT2D eigenvalue weighted by molar-refractivity contribution is -0.130. The van der Waals surface area contributed by atoms with Crippen molar-refractivity contribution in [2.45, 2.75) is 13.5 Å². The number of hydrogen-bond donors (Lipinski definition) is 0. The van der Waals surface area contributed by atoms with Gasteiger partial charge in [-0.2, -0.15) is 0 Å². The second kappa shape index (κ2) is 6.89. The van der Waals surface area contributed by atoms with Crippen LogP contribution in [-0.2, 0) is 11.3 Å². The first-order valence-electron chi connectivity index (χ1n) is 7.30. The van der Waals surface area contributed by atoms with Crippen molar-refractivity contribution in [2.24, 2.45) is 0 Å². The van der Waals surface area contributed by atoms with Gasteiger partial charge in [0.15, 0.2) is 0 Å². The Balaban J connectivity index is 1.62. The fourth-order valence-electron chi connectivity index (χ4n) is 2.58. The Morgan fingerprint density at radius 1 is 1.32 bits per heavy atom. The molecule has 2 aromatic rings. The van der Waals surface area contributed by atoms with Crippen LogP contribution in [0.4, 0.5) is 0 Å². The van der Waals surface area contributed by atoms with Crippen molar-refractivity contribution < 1.29 is 4.79 Å². The quantitative estimate of drug-likeness (QED) is 0.821. The predicted octanol–water partition coefficient (Wildman–Crippen LogP) is 3.24. The second-order valence-corrected chi connectivity index (χ2v) is 7.28. The van der Waals surface area contributed by atoms with E-state index in [0.29, 0.717) is 0 Å². The highest BCUT2D eigenvalue weighted by atomic mass is 79.9. The summed E-state index contributed by atoms with van der Waals surface area (Å²) in [7, 11) is 0. The molecule has 1 aromatic carbocycles. The lowest BCUT2D eigenvalue weighted by atomic mass is 10.2. The van der Waals surface area contributed by atoms with Crippen LogP contribution < -0.4 is 0 Å². The molecule has 1 aromatic heterocycles. The maximum Gasteiger partial charge on any atom is 0.219 e. The number of thiazole rings is 1. The summed E-state index contributed by atoms with van der Waals surface area (Å²) in [5.74, 6) is 0.172. The smallest absolute Gasteiger partial charge is 0.219 e. The van der Waals surface area contributed by atoms with Crippen LogP contribution in [0.5, 0.6) is 0 Å². The molecule has 6 heteroatoms. The number of piperazine rings is 1. The maximum absolute atomic E-state index is 11.3. The van der Waals surface area contributed by atoms with Crippen LogP contribution in [0.1, 0.15) is 11.9 Å². The van der Waals surface area contributed by atoms with Crippen molar-refractivity contribution in [3.05, 3.63) is 39.1 Å². The van der Waals surface area contributed by atoms with Gasteiger partial charge in [0, 0.05) is 48.5 Å². The lowest BCUT2D eigenvalue weighted by Crippen LogP contribution is -2.47. The van der Waals surface area contributed by atoms with Crippen molar-refractivity contribution in [2.75, 3.05) is 26.2 Å². The van der Waals surface area contributed by atoms with Crippen LogP contribution in [0.15, 0.2) is 34.1 Å². The molecule has 0 atom stereocenters. The number of carbonyl (C=O) groups is 1. The third-order valence-corrected chi connectivity index (χ3v) is 5.18. The Morgan fingerprint density at radius 3 is 2.77 bits per heavy atom. The molecule has 0 saturated carbocycles. The van der Waals surface area contributed by atoms with Gasteiger partial charge < -0.3 is 4.90 Å². The van der Waals surface area contributed by atoms with Gasteiger partial charge in [0.1, 0.15) is 5.01 Å². The fourth-order valence-corrected chi connectivity index (χ4v) is 3.82. The van der Waals surface area contributed by atoms with Gasteiger partial charge in [0.25, 0.3) is 0 Å². The van der Waals surface area contributed by atoms with Crippen molar-refractivity contribution in [1.82, 2.24) is 14.8 Å². The standard InChI is InChI=1S/C16H18BrN3OS/c1-12(21)20-7-5-19(6-8-20)10-16-18-15(11-22-16)13-3-2-4-14(17)9-13/h2-4,9,11H,5-8,10H2,1H3. The van der Waals surface area contributed by atoms with Crippen molar-refractivity contribution in [3.8, 4) is 11.3 Å². The van der Waals surface area contributed by atoms with E-state index in [0.717, 1.165) is 53.5 Å². The van der Waals surface area contributed by atoms with Crippen LogP contribution >= 0.6 is 27.3 Å². The summed E-state index contributed by atoms with van der Waals surface area (Å²) in [4.78, 5) is 20.4. The van der Waals surface area contributed by atoms with E-state index in [1.165, 1.54) is 0 Å². The molecule has 0 spiro atoms. The summed E-state index contributed by atoms with van der Waals surface area (Å²) in [5.41, 5.74) is 2.17. The second-order valence-electron chi connectivity index (χ2n) is 5.42. The summed E-state index contributed by atoms with van der Waals surface area (Å²) in [6.45, 7) is 5.99. The fraction of sp³-hybridized carbons (Fsp3) is 0.375. The normalized spacial score (nSPS) is 16.0. The van der Waals surface area contributed by atoms with Gasteiger partial charge in [-0.1, -0.05) is 28.1 Å². The Hall–Kier alpha value is -1.24. The minimum atomic E-state index is 0.172. The molecule has 22 heavy (non-hydrogen) atoms. The summed E-state index contributed by atoms with van der Waals surface area (Å²) in [6.07, 6.45) is 0. The third-order valence-electron chi connectivity index (χ3n) is 3.85. The maximum atomic E-state index is 11.3.